The fraction of sp³-hybridized carbons (Fsp3) is 0.444. The number of hydrogen-bond acceptors (Lipinski definition) is 4. The van der Waals surface area contributed by atoms with Gasteiger partial charge in [0.05, 0.1) is 6.04 Å². The fourth-order valence-corrected chi connectivity index (χ4v) is 2.92. The minimum atomic E-state index is -4.56. The average Bonchev–Trinajstić information content (AvgIpc) is 2.96. The summed E-state index contributed by atoms with van der Waals surface area (Å²) in [5.74, 6) is -1.22. The van der Waals surface area contributed by atoms with Crippen LogP contribution in [-0.2, 0) is 4.74 Å². The number of ether oxygens (including phenoxy) is 1. The second-order valence-corrected chi connectivity index (χ2v) is 7.40. The Morgan fingerprint density at radius 3 is 2.41 bits per heavy atom. The van der Waals surface area contributed by atoms with Crippen molar-refractivity contribution in [3.05, 3.63) is 47.4 Å². The maximum absolute atomic E-state index is 13.6. The van der Waals surface area contributed by atoms with Crippen LogP contribution < -0.4 is 5.32 Å². The number of anilines is 1. The van der Waals surface area contributed by atoms with E-state index in [-0.39, 0.29) is 17.9 Å². The van der Waals surface area contributed by atoms with Gasteiger partial charge in [0.25, 0.3) is 0 Å². The van der Waals surface area contributed by atoms with E-state index < -0.39 is 35.6 Å². The maximum Gasteiger partial charge on any atom is 0.410 e. The van der Waals surface area contributed by atoms with Crippen LogP contribution in [0.25, 0.3) is 0 Å². The van der Waals surface area contributed by atoms with Crippen LogP contribution in [0.15, 0.2) is 30.3 Å². The summed E-state index contributed by atoms with van der Waals surface area (Å²) in [4.78, 5) is 12.2. The highest BCUT2D eigenvalue weighted by Crippen LogP contribution is 2.43. The first-order chi connectivity index (χ1) is 12.4. The van der Waals surface area contributed by atoms with E-state index >= 15 is 0 Å². The third-order valence-corrected chi connectivity index (χ3v) is 4.07. The number of alkyl halides is 3. The molecule has 0 aliphatic carbocycles. The number of aromatic nitrogens is 2. The molecule has 0 saturated carbocycles. The molecule has 0 saturated heterocycles. The summed E-state index contributed by atoms with van der Waals surface area (Å²) in [6, 6.07) is 3.87. The molecule has 1 N–H and O–H groups in total. The number of esters is 1. The fourth-order valence-electron chi connectivity index (χ4n) is 2.92. The van der Waals surface area contributed by atoms with Gasteiger partial charge in [0.2, 0.25) is 0 Å². The van der Waals surface area contributed by atoms with Crippen molar-refractivity contribution < 1.29 is 27.1 Å². The number of carbonyl (C=O) groups excluding carboxylic acids is 1. The Morgan fingerprint density at radius 1 is 1.22 bits per heavy atom. The molecule has 27 heavy (non-hydrogen) atoms. The molecule has 1 aliphatic heterocycles. The first kappa shape index (κ1) is 19.2. The topological polar surface area (TPSA) is 56.2 Å². The van der Waals surface area contributed by atoms with Gasteiger partial charge in [-0.15, -0.1) is 0 Å². The molecule has 2 heterocycles. The molecular weight excluding hydrogens is 366 g/mol. The zero-order valence-electron chi connectivity index (χ0n) is 15.0. The van der Waals surface area contributed by atoms with Crippen molar-refractivity contribution in [3.63, 3.8) is 0 Å². The van der Waals surface area contributed by atoms with Crippen molar-refractivity contribution in [3.8, 4) is 0 Å². The van der Waals surface area contributed by atoms with Crippen LogP contribution in [0.3, 0.4) is 0 Å². The normalized spacial score (nSPS) is 20.0. The van der Waals surface area contributed by atoms with Gasteiger partial charge in [0.15, 0.2) is 11.7 Å². The van der Waals surface area contributed by atoms with Crippen LogP contribution in [-0.4, -0.2) is 27.5 Å². The van der Waals surface area contributed by atoms with E-state index in [1.807, 2.05) is 0 Å². The molecule has 5 nitrogen and oxygen atoms in total. The summed E-state index contributed by atoms with van der Waals surface area (Å²) in [6.45, 7) is 4.96. The summed E-state index contributed by atoms with van der Waals surface area (Å²) < 4.78 is 59.8. The molecule has 146 valence electrons. The molecule has 0 amide bonds. The molecule has 9 heteroatoms. The lowest BCUT2D eigenvalue weighted by Crippen LogP contribution is -2.35. The molecule has 2 aromatic rings. The number of halogens is 4. The zero-order chi connectivity index (χ0) is 20.0. The van der Waals surface area contributed by atoms with Gasteiger partial charge >= 0.3 is 12.1 Å². The summed E-state index contributed by atoms with van der Waals surface area (Å²) in [6.07, 6.45) is -4.90. The van der Waals surface area contributed by atoms with Gasteiger partial charge in [-0.05, 0) is 38.5 Å². The lowest BCUT2D eigenvalue weighted by atomic mass is 9.97. The van der Waals surface area contributed by atoms with Gasteiger partial charge in [-0.25, -0.2) is 13.9 Å². The van der Waals surface area contributed by atoms with E-state index in [1.54, 1.807) is 20.8 Å². The van der Waals surface area contributed by atoms with E-state index in [0.29, 0.717) is 5.56 Å². The van der Waals surface area contributed by atoms with E-state index in [4.69, 9.17) is 4.74 Å². The SMILES string of the molecule is CC(C)(C)OC(=O)c1cc2n(n1)C(C(F)(F)F)CC(c1ccc(F)cc1)N2. The second-order valence-electron chi connectivity index (χ2n) is 7.40. The Hall–Kier alpha value is -2.58. The lowest BCUT2D eigenvalue weighted by Gasteiger charge is -2.33. The molecule has 0 bridgehead atoms. The quantitative estimate of drug-likeness (QED) is 0.605. The smallest absolute Gasteiger partial charge is 0.410 e. The molecule has 0 radical (unpaired) electrons. The Bertz CT molecular complexity index is 838. The Kier molecular flexibility index (Phi) is 4.65. The number of fused-ring (bicyclic) bond motifs is 1. The highest BCUT2D eigenvalue weighted by Gasteiger charge is 2.47. The number of benzene rings is 1. The van der Waals surface area contributed by atoms with Crippen molar-refractivity contribution in [2.24, 2.45) is 0 Å². The highest BCUT2D eigenvalue weighted by molar-refractivity contribution is 5.88. The summed E-state index contributed by atoms with van der Waals surface area (Å²) >= 11 is 0. The Balaban J connectivity index is 1.95. The van der Waals surface area contributed by atoms with Gasteiger partial charge in [-0.2, -0.15) is 18.3 Å². The van der Waals surface area contributed by atoms with Gasteiger partial charge < -0.3 is 10.1 Å². The van der Waals surface area contributed by atoms with Crippen molar-refractivity contribution >= 4 is 11.8 Å². The first-order valence-corrected chi connectivity index (χ1v) is 8.35. The highest BCUT2D eigenvalue weighted by atomic mass is 19.4. The Morgan fingerprint density at radius 2 is 1.85 bits per heavy atom. The molecule has 1 aromatic heterocycles. The second kappa shape index (κ2) is 6.54. The lowest BCUT2D eigenvalue weighted by molar-refractivity contribution is -0.173. The van der Waals surface area contributed by atoms with Gasteiger partial charge in [-0.1, -0.05) is 12.1 Å². The standard InChI is InChI=1S/C18H19F4N3O2/c1-17(2,3)27-16(26)13-9-15-23-12(10-4-6-11(19)7-5-10)8-14(18(20,21)22)25(15)24-13/h4-7,9,12,14,23H,8H2,1-3H3. The summed E-state index contributed by atoms with van der Waals surface area (Å²) in [5, 5.41) is 6.77. The molecule has 3 rings (SSSR count). The van der Waals surface area contributed by atoms with E-state index in [0.717, 1.165) is 4.68 Å². The van der Waals surface area contributed by atoms with Crippen molar-refractivity contribution in [1.82, 2.24) is 9.78 Å². The minimum Gasteiger partial charge on any atom is -0.455 e. The molecule has 2 unspecified atom stereocenters. The van der Waals surface area contributed by atoms with Crippen molar-refractivity contribution in [2.45, 2.75) is 51.1 Å². The molecule has 1 aromatic carbocycles. The zero-order valence-corrected chi connectivity index (χ0v) is 15.0. The van der Waals surface area contributed by atoms with Gasteiger partial charge in [0.1, 0.15) is 17.2 Å². The largest absolute Gasteiger partial charge is 0.455 e. The predicted molar refractivity (Wildman–Crippen MR) is 89.9 cm³/mol. The third-order valence-electron chi connectivity index (χ3n) is 4.07. The summed E-state index contributed by atoms with van der Waals surface area (Å²) in [7, 11) is 0. The number of rotatable bonds is 2. The number of carbonyl (C=O) groups is 1. The summed E-state index contributed by atoms with van der Waals surface area (Å²) in [5.41, 5.74) is -0.493. The van der Waals surface area contributed by atoms with Gasteiger partial charge in [0, 0.05) is 12.5 Å². The van der Waals surface area contributed by atoms with E-state index in [9.17, 15) is 22.4 Å². The molecule has 0 fully saturated rings. The van der Waals surface area contributed by atoms with Crippen LogP contribution in [0, 0.1) is 5.82 Å². The molecule has 2 atom stereocenters. The van der Waals surface area contributed by atoms with E-state index in [1.165, 1.54) is 30.3 Å². The minimum absolute atomic E-state index is 0.0544. The maximum atomic E-state index is 13.6. The third kappa shape index (κ3) is 4.23. The molecule has 0 spiro atoms. The number of nitrogens with one attached hydrogen (secondary N) is 1. The van der Waals surface area contributed by atoms with Crippen LogP contribution >= 0.6 is 0 Å². The number of nitrogens with zero attached hydrogens (tertiary/aromatic N) is 2. The van der Waals surface area contributed by atoms with Crippen LogP contribution in [0.2, 0.25) is 0 Å². The van der Waals surface area contributed by atoms with Crippen LogP contribution in [0.1, 0.15) is 55.3 Å². The predicted octanol–water partition coefficient (Wildman–Crippen LogP) is 4.64. The van der Waals surface area contributed by atoms with Crippen molar-refractivity contribution in [1.29, 1.82) is 0 Å². The first-order valence-electron chi connectivity index (χ1n) is 8.35. The molecule has 1 aliphatic rings. The van der Waals surface area contributed by atoms with Crippen LogP contribution in [0.5, 0.6) is 0 Å². The van der Waals surface area contributed by atoms with E-state index in [2.05, 4.69) is 10.4 Å². The molecular formula is C18H19F4N3O2. The number of hydrogen-bond donors (Lipinski definition) is 1. The van der Waals surface area contributed by atoms with Crippen LogP contribution in [0.4, 0.5) is 23.4 Å². The average molecular weight is 385 g/mol. The van der Waals surface area contributed by atoms with Crippen molar-refractivity contribution in [2.75, 3.05) is 5.32 Å². The monoisotopic (exact) mass is 385 g/mol. The van der Waals surface area contributed by atoms with Gasteiger partial charge in [-0.3, -0.25) is 0 Å². The Labute approximate surface area is 153 Å².